The molecule has 0 radical (unpaired) electrons. The molecule has 0 bridgehead atoms. The second-order valence-corrected chi connectivity index (χ2v) is 3.40. The Kier molecular flexibility index (Phi) is 4.80. The number of methoxy groups -OCH3 is 1. The molecule has 90 valence electrons. The summed E-state index contributed by atoms with van der Waals surface area (Å²) in [5.41, 5.74) is 0.922. The summed E-state index contributed by atoms with van der Waals surface area (Å²) in [6.45, 7) is 1.96. The zero-order chi connectivity index (χ0) is 12.8. The third-order valence-corrected chi connectivity index (χ3v) is 2.50. The van der Waals surface area contributed by atoms with E-state index in [0.29, 0.717) is 11.3 Å². The maximum atomic E-state index is 11.6. The van der Waals surface area contributed by atoms with Crippen molar-refractivity contribution in [1.29, 1.82) is 5.26 Å². The highest BCUT2D eigenvalue weighted by Gasteiger charge is 2.18. The zero-order valence-electron chi connectivity index (χ0n) is 9.62. The van der Waals surface area contributed by atoms with Gasteiger partial charge in [-0.05, 0) is 19.1 Å². The minimum Gasteiger partial charge on any atom is -0.496 e. The van der Waals surface area contributed by atoms with Crippen LogP contribution in [0, 0.1) is 11.3 Å². The molecule has 0 N–H and O–H groups in total. The number of nitriles is 1. The number of ether oxygens (including phenoxy) is 2. The van der Waals surface area contributed by atoms with E-state index < -0.39 is 5.97 Å². The molecule has 1 aromatic carbocycles. The van der Waals surface area contributed by atoms with Gasteiger partial charge in [0, 0.05) is 5.56 Å². The first-order chi connectivity index (χ1) is 8.19. The highest BCUT2D eigenvalue weighted by atomic mass is 35.5. The van der Waals surface area contributed by atoms with Gasteiger partial charge >= 0.3 is 5.97 Å². The molecule has 0 aromatic heterocycles. The third-order valence-electron chi connectivity index (χ3n) is 2.23. The average Bonchev–Trinajstić information content (AvgIpc) is 2.36. The van der Waals surface area contributed by atoms with E-state index in [1.165, 1.54) is 13.2 Å². The molecule has 0 unspecified atom stereocenters. The standard InChI is InChI=1S/C12H12ClNO3/c1-3-17-12(15)8-4-5-11(16-2)9(6-13)10(8)7-14/h4-5H,3,6H2,1-2H3. The number of benzene rings is 1. The number of hydrogen-bond acceptors (Lipinski definition) is 4. The van der Waals surface area contributed by atoms with Crippen LogP contribution >= 0.6 is 11.6 Å². The molecule has 0 fully saturated rings. The van der Waals surface area contributed by atoms with Crippen LogP contribution in [0.1, 0.15) is 28.4 Å². The van der Waals surface area contributed by atoms with Crippen molar-refractivity contribution in [2.24, 2.45) is 0 Å². The molecule has 0 spiro atoms. The van der Waals surface area contributed by atoms with E-state index >= 15 is 0 Å². The molecule has 0 saturated heterocycles. The lowest BCUT2D eigenvalue weighted by molar-refractivity contribution is 0.0526. The van der Waals surface area contributed by atoms with Crippen molar-refractivity contribution in [1.82, 2.24) is 0 Å². The molecule has 0 amide bonds. The highest BCUT2D eigenvalue weighted by molar-refractivity contribution is 6.17. The summed E-state index contributed by atoms with van der Waals surface area (Å²) in [5.74, 6) is 0.0573. The average molecular weight is 254 g/mol. The first-order valence-corrected chi connectivity index (χ1v) is 5.56. The highest BCUT2D eigenvalue weighted by Crippen LogP contribution is 2.27. The molecule has 0 saturated carbocycles. The van der Waals surface area contributed by atoms with E-state index in [1.54, 1.807) is 13.0 Å². The van der Waals surface area contributed by atoms with Gasteiger partial charge < -0.3 is 9.47 Å². The normalized spacial score (nSPS) is 9.53. The summed E-state index contributed by atoms with van der Waals surface area (Å²) in [5, 5.41) is 9.10. The van der Waals surface area contributed by atoms with Crippen LogP contribution in [0.2, 0.25) is 0 Å². The van der Waals surface area contributed by atoms with Crippen molar-refractivity contribution < 1.29 is 14.3 Å². The molecule has 0 aliphatic heterocycles. The van der Waals surface area contributed by atoms with Gasteiger partial charge in [0.15, 0.2) is 0 Å². The second-order valence-electron chi connectivity index (χ2n) is 3.13. The van der Waals surface area contributed by atoms with Crippen LogP contribution in [0.4, 0.5) is 0 Å². The van der Waals surface area contributed by atoms with E-state index in [2.05, 4.69) is 0 Å². The van der Waals surface area contributed by atoms with Crippen molar-refractivity contribution in [3.8, 4) is 11.8 Å². The Labute approximate surface area is 105 Å². The Balaban J connectivity index is 3.34. The molecule has 5 heteroatoms. The fourth-order valence-electron chi connectivity index (χ4n) is 1.46. The lowest BCUT2D eigenvalue weighted by Crippen LogP contribution is -2.09. The smallest absolute Gasteiger partial charge is 0.339 e. The zero-order valence-corrected chi connectivity index (χ0v) is 10.4. The Morgan fingerprint density at radius 1 is 1.53 bits per heavy atom. The molecule has 17 heavy (non-hydrogen) atoms. The summed E-state index contributed by atoms with van der Waals surface area (Å²) in [6, 6.07) is 5.07. The van der Waals surface area contributed by atoms with E-state index in [4.69, 9.17) is 26.3 Å². The van der Waals surface area contributed by atoms with Crippen molar-refractivity contribution in [2.75, 3.05) is 13.7 Å². The summed E-state index contributed by atoms with van der Waals surface area (Å²) in [4.78, 5) is 11.6. The maximum Gasteiger partial charge on any atom is 0.339 e. The summed E-state index contributed by atoms with van der Waals surface area (Å²) in [7, 11) is 1.48. The number of rotatable bonds is 4. The first kappa shape index (κ1) is 13.3. The molecular weight excluding hydrogens is 242 g/mol. The summed E-state index contributed by atoms with van der Waals surface area (Å²) < 4.78 is 9.96. The van der Waals surface area contributed by atoms with E-state index in [-0.39, 0.29) is 23.6 Å². The van der Waals surface area contributed by atoms with Gasteiger partial charge in [-0.2, -0.15) is 5.26 Å². The second kappa shape index (κ2) is 6.12. The Hall–Kier alpha value is -1.73. The number of nitrogens with zero attached hydrogens (tertiary/aromatic N) is 1. The van der Waals surface area contributed by atoms with Crippen LogP contribution in [-0.2, 0) is 10.6 Å². The number of carbonyl (C=O) groups is 1. The Bertz CT molecular complexity index is 466. The number of hydrogen-bond donors (Lipinski definition) is 0. The van der Waals surface area contributed by atoms with Crippen LogP contribution < -0.4 is 4.74 Å². The largest absolute Gasteiger partial charge is 0.496 e. The van der Waals surface area contributed by atoms with Gasteiger partial charge in [-0.3, -0.25) is 0 Å². The van der Waals surface area contributed by atoms with Crippen LogP contribution in [-0.4, -0.2) is 19.7 Å². The van der Waals surface area contributed by atoms with Gasteiger partial charge in [-0.1, -0.05) is 0 Å². The predicted molar refractivity (Wildman–Crippen MR) is 63.2 cm³/mol. The van der Waals surface area contributed by atoms with Crippen molar-refractivity contribution in [3.63, 3.8) is 0 Å². The fraction of sp³-hybridized carbons (Fsp3) is 0.333. The molecule has 1 aromatic rings. The van der Waals surface area contributed by atoms with E-state index in [0.717, 1.165) is 0 Å². The van der Waals surface area contributed by atoms with Crippen molar-refractivity contribution in [3.05, 3.63) is 28.8 Å². The van der Waals surface area contributed by atoms with Crippen molar-refractivity contribution in [2.45, 2.75) is 12.8 Å². The van der Waals surface area contributed by atoms with Crippen molar-refractivity contribution >= 4 is 17.6 Å². The molecule has 4 nitrogen and oxygen atoms in total. The lowest BCUT2D eigenvalue weighted by Gasteiger charge is -2.11. The molecular formula is C12H12ClNO3. The van der Waals surface area contributed by atoms with Crippen LogP contribution in [0.15, 0.2) is 12.1 Å². The number of carbonyl (C=O) groups excluding carboxylic acids is 1. The lowest BCUT2D eigenvalue weighted by atomic mass is 10.0. The fourth-order valence-corrected chi connectivity index (χ4v) is 1.72. The molecule has 0 heterocycles. The van der Waals surface area contributed by atoms with Crippen LogP contribution in [0.25, 0.3) is 0 Å². The van der Waals surface area contributed by atoms with E-state index in [1.807, 2.05) is 6.07 Å². The SMILES string of the molecule is CCOC(=O)c1ccc(OC)c(CCl)c1C#N. The Morgan fingerprint density at radius 2 is 2.24 bits per heavy atom. The summed E-state index contributed by atoms with van der Waals surface area (Å²) in [6.07, 6.45) is 0. The number of alkyl halides is 1. The van der Waals surface area contributed by atoms with Crippen LogP contribution in [0.3, 0.4) is 0 Å². The quantitative estimate of drug-likeness (QED) is 0.611. The van der Waals surface area contributed by atoms with Gasteiger partial charge in [0.1, 0.15) is 11.8 Å². The minimum atomic E-state index is -0.530. The molecule has 1 rings (SSSR count). The van der Waals surface area contributed by atoms with Gasteiger partial charge in [0.05, 0.1) is 30.7 Å². The maximum absolute atomic E-state index is 11.6. The van der Waals surface area contributed by atoms with Gasteiger partial charge in [0.25, 0.3) is 0 Å². The predicted octanol–water partition coefficient (Wildman–Crippen LogP) is 2.48. The van der Waals surface area contributed by atoms with Gasteiger partial charge in [-0.25, -0.2) is 4.79 Å². The molecule has 0 aliphatic carbocycles. The first-order valence-electron chi connectivity index (χ1n) is 5.02. The van der Waals surface area contributed by atoms with Crippen LogP contribution in [0.5, 0.6) is 5.75 Å². The van der Waals surface area contributed by atoms with Gasteiger partial charge in [-0.15, -0.1) is 11.6 Å². The topological polar surface area (TPSA) is 59.3 Å². The monoisotopic (exact) mass is 253 g/mol. The number of esters is 1. The molecule has 0 aliphatic rings. The minimum absolute atomic E-state index is 0.0965. The number of halogens is 1. The Morgan fingerprint density at radius 3 is 2.71 bits per heavy atom. The van der Waals surface area contributed by atoms with E-state index in [9.17, 15) is 4.79 Å². The molecule has 0 atom stereocenters. The third kappa shape index (κ3) is 2.69. The van der Waals surface area contributed by atoms with Gasteiger partial charge in [0.2, 0.25) is 0 Å². The summed E-state index contributed by atoms with van der Waals surface area (Å²) >= 11 is 5.77.